The van der Waals surface area contributed by atoms with Crippen molar-refractivity contribution in [1.82, 2.24) is 20.2 Å². The van der Waals surface area contributed by atoms with E-state index >= 15 is 0 Å². The monoisotopic (exact) mass is 269 g/mol. The topological polar surface area (TPSA) is 72.7 Å². The summed E-state index contributed by atoms with van der Waals surface area (Å²) in [7, 11) is 0. The number of nitrogens with one attached hydrogen (secondary N) is 1. The zero-order chi connectivity index (χ0) is 14.4. The van der Waals surface area contributed by atoms with Crippen LogP contribution in [0.15, 0.2) is 48.8 Å². The first kappa shape index (κ1) is 13.7. The molecule has 1 aromatic carbocycles. The molecule has 2 aromatic rings. The number of anilines is 1. The Morgan fingerprint density at radius 3 is 2.90 bits per heavy atom. The lowest BCUT2D eigenvalue weighted by atomic mass is 10.2. The van der Waals surface area contributed by atoms with E-state index in [1.54, 1.807) is 16.8 Å². The highest BCUT2D eigenvalue weighted by molar-refractivity contribution is 5.99. The summed E-state index contributed by atoms with van der Waals surface area (Å²) in [6.45, 7) is 3.84. The molecule has 0 spiro atoms. The van der Waals surface area contributed by atoms with Gasteiger partial charge in [0, 0.05) is 11.8 Å². The summed E-state index contributed by atoms with van der Waals surface area (Å²) >= 11 is 0. The number of tetrazole rings is 1. The maximum Gasteiger partial charge on any atom is 0.248 e. The summed E-state index contributed by atoms with van der Waals surface area (Å²) in [4.78, 5) is 11.7. The summed E-state index contributed by atoms with van der Waals surface area (Å²) in [6.07, 6.45) is 8.31. The number of amides is 1. The molecule has 20 heavy (non-hydrogen) atoms. The Morgan fingerprint density at radius 1 is 1.35 bits per heavy atom. The van der Waals surface area contributed by atoms with Gasteiger partial charge in [0.2, 0.25) is 5.91 Å². The Labute approximate surface area is 116 Å². The van der Waals surface area contributed by atoms with Crippen LogP contribution >= 0.6 is 0 Å². The van der Waals surface area contributed by atoms with E-state index in [0.29, 0.717) is 5.69 Å². The van der Waals surface area contributed by atoms with Crippen molar-refractivity contribution in [2.45, 2.75) is 13.8 Å². The number of aromatic nitrogens is 4. The fourth-order valence-electron chi connectivity index (χ4n) is 1.64. The van der Waals surface area contributed by atoms with E-state index < -0.39 is 0 Å². The van der Waals surface area contributed by atoms with Gasteiger partial charge in [-0.15, -0.1) is 5.10 Å². The lowest BCUT2D eigenvalue weighted by Gasteiger charge is -2.08. The van der Waals surface area contributed by atoms with E-state index in [-0.39, 0.29) is 5.91 Å². The van der Waals surface area contributed by atoms with Crippen molar-refractivity contribution in [2.75, 3.05) is 5.32 Å². The third kappa shape index (κ3) is 3.38. The fourth-order valence-corrected chi connectivity index (χ4v) is 1.64. The highest BCUT2D eigenvalue weighted by atomic mass is 16.1. The molecule has 0 atom stereocenters. The van der Waals surface area contributed by atoms with Gasteiger partial charge >= 0.3 is 0 Å². The molecule has 6 nitrogen and oxygen atoms in total. The highest BCUT2D eigenvalue weighted by Gasteiger charge is 2.05. The maximum absolute atomic E-state index is 11.7. The lowest BCUT2D eigenvalue weighted by molar-refractivity contribution is -0.111. The smallest absolute Gasteiger partial charge is 0.248 e. The third-order valence-electron chi connectivity index (χ3n) is 2.62. The van der Waals surface area contributed by atoms with Crippen LogP contribution in [0.5, 0.6) is 0 Å². The van der Waals surface area contributed by atoms with Crippen molar-refractivity contribution in [3.63, 3.8) is 0 Å². The van der Waals surface area contributed by atoms with Crippen LogP contribution in [0, 0.1) is 6.92 Å². The summed E-state index contributed by atoms with van der Waals surface area (Å²) in [5, 5.41) is 13.8. The van der Waals surface area contributed by atoms with Crippen molar-refractivity contribution >= 4 is 11.6 Å². The molecular formula is C14H15N5O. The summed E-state index contributed by atoms with van der Waals surface area (Å²) in [5.74, 6) is -0.186. The second-order valence-electron chi connectivity index (χ2n) is 4.13. The Morgan fingerprint density at radius 2 is 2.20 bits per heavy atom. The largest absolute Gasteiger partial charge is 0.322 e. The van der Waals surface area contributed by atoms with Crippen LogP contribution in [-0.4, -0.2) is 26.1 Å². The molecule has 0 bridgehead atoms. The number of hydrogen-bond acceptors (Lipinski definition) is 4. The van der Waals surface area contributed by atoms with Gasteiger partial charge in [0.25, 0.3) is 0 Å². The number of carbonyl (C=O) groups is 1. The van der Waals surface area contributed by atoms with Crippen LogP contribution in [0.4, 0.5) is 5.69 Å². The first-order chi connectivity index (χ1) is 9.70. The van der Waals surface area contributed by atoms with Gasteiger partial charge < -0.3 is 5.32 Å². The highest BCUT2D eigenvalue weighted by Crippen LogP contribution is 2.18. The molecule has 1 heterocycles. The van der Waals surface area contributed by atoms with Crippen LogP contribution in [0.1, 0.15) is 12.5 Å². The quantitative estimate of drug-likeness (QED) is 0.681. The number of nitrogens with zero attached hydrogens (tertiary/aromatic N) is 4. The Kier molecular flexibility index (Phi) is 4.39. The zero-order valence-corrected chi connectivity index (χ0v) is 11.3. The second-order valence-corrected chi connectivity index (χ2v) is 4.13. The molecule has 1 aromatic heterocycles. The van der Waals surface area contributed by atoms with Crippen LogP contribution < -0.4 is 5.32 Å². The molecule has 1 N–H and O–H groups in total. The van der Waals surface area contributed by atoms with E-state index in [1.807, 2.05) is 38.1 Å². The molecule has 1 amide bonds. The third-order valence-corrected chi connectivity index (χ3v) is 2.62. The second kappa shape index (κ2) is 6.42. The minimum atomic E-state index is -0.186. The van der Waals surface area contributed by atoms with Crippen molar-refractivity contribution in [1.29, 1.82) is 0 Å². The van der Waals surface area contributed by atoms with Crippen LogP contribution in [0.3, 0.4) is 0 Å². The average Bonchev–Trinajstić information content (AvgIpc) is 2.95. The number of aryl methyl sites for hydroxylation is 1. The van der Waals surface area contributed by atoms with E-state index in [1.165, 1.54) is 12.4 Å². The molecule has 0 saturated heterocycles. The normalized spacial score (nSPS) is 11.3. The SMILES string of the molecule is C/C=C/C=C/C(=O)Nc1ccc(C)c(-n2cnnn2)c1. The van der Waals surface area contributed by atoms with Crippen LogP contribution in [0.25, 0.3) is 5.69 Å². The number of hydrogen-bond donors (Lipinski definition) is 1. The standard InChI is InChI=1S/C14H15N5O/c1-3-4-5-6-14(20)16-12-8-7-11(2)13(9-12)19-10-15-17-18-19/h3-10H,1-2H3,(H,16,20)/b4-3+,6-5+. The molecular weight excluding hydrogens is 254 g/mol. The molecule has 0 aliphatic carbocycles. The summed E-state index contributed by atoms with van der Waals surface area (Å²) in [5.41, 5.74) is 2.53. The average molecular weight is 269 g/mol. The number of allylic oxidation sites excluding steroid dienone is 3. The van der Waals surface area contributed by atoms with E-state index in [0.717, 1.165) is 11.3 Å². The van der Waals surface area contributed by atoms with E-state index in [2.05, 4.69) is 20.8 Å². The summed E-state index contributed by atoms with van der Waals surface area (Å²) < 4.78 is 1.56. The Bertz CT molecular complexity index is 644. The van der Waals surface area contributed by atoms with Gasteiger partial charge in [-0.25, -0.2) is 4.68 Å². The summed E-state index contributed by atoms with van der Waals surface area (Å²) in [6, 6.07) is 5.57. The van der Waals surface area contributed by atoms with Crippen molar-refractivity contribution < 1.29 is 4.79 Å². The van der Waals surface area contributed by atoms with Crippen LogP contribution in [-0.2, 0) is 4.79 Å². The lowest BCUT2D eigenvalue weighted by Crippen LogP contribution is -2.08. The first-order valence-corrected chi connectivity index (χ1v) is 6.15. The van der Waals surface area contributed by atoms with Gasteiger partial charge in [-0.2, -0.15) is 0 Å². The minimum absolute atomic E-state index is 0.186. The van der Waals surface area contributed by atoms with E-state index in [9.17, 15) is 4.79 Å². The molecule has 102 valence electrons. The number of carbonyl (C=O) groups excluding carboxylic acids is 1. The number of rotatable bonds is 4. The molecule has 6 heteroatoms. The van der Waals surface area contributed by atoms with Gasteiger partial charge in [0.05, 0.1) is 5.69 Å². The van der Waals surface area contributed by atoms with Gasteiger partial charge in [-0.1, -0.05) is 24.3 Å². The minimum Gasteiger partial charge on any atom is -0.322 e. The van der Waals surface area contributed by atoms with Crippen LogP contribution in [0.2, 0.25) is 0 Å². The Hall–Kier alpha value is -2.76. The van der Waals surface area contributed by atoms with Gasteiger partial charge in [-0.05, 0) is 42.0 Å². The molecule has 0 aliphatic heterocycles. The van der Waals surface area contributed by atoms with Gasteiger partial charge in [0.15, 0.2) is 0 Å². The van der Waals surface area contributed by atoms with Crippen molar-refractivity contribution in [2.24, 2.45) is 0 Å². The van der Waals surface area contributed by atoms with E-state index in [4.69, 9.17) is 0 Å². The fraction of sp³-hybridized carbons (Fsp3) is 0.143. The van der Waals surface area contributed by atoms with Crippen molar-refractivity contribution in [3.8, 4) is 5.69 Å². The maximum atomic E-state index is 11.7. The number of benzene rings is 1. The molecule has 0 aliphatic rings. The molecule has 0 unspecified atom stereocenters. The molecule has 0 radical (unpaired) electrons. The van der Waals surface area contributed by atoms with Gasteiger partial charge in [-0.3, -0.25) is 4.79 Å². The Balaban J connectivity index is 2.18. The van der Waals surface area contributed by atoms with Crippen molar-refractivity contribution in [3.05, 3.63) is 54.4 Å². The zero-order valence-electron chi connectivity index (χ0n) is 11.3. The molecule has 2 rings (SSSR count). The molecule has 0 saturated carbocycles. The predicted molar refractivity (Wildman–Crippen MR) is 76.5 cm³/mol. The first-order valence-electron chi connectivity index (χ1n) is 6.15. The molecule has 0 fully saturated rings. The van der Waals surface area contributed by atoms with Gasteiger partial charge in [0.1, 0.15) is 6.33 Å². The predicted octanol–water partition coefficient (Wildman–Crippen LogP) is 2.04.